The Morgan fingerprint density at radius 2 is 2.55 bits per heavy atom. The zero-order chi connectivity index (χ0) is 7.84. The molecule has 4 nitrogen and oxygen atoms in total. The molecule has 11 heavy (non-hydrogen) atoms. The van der Waals surface area contributed by atoms with E-state index in [2.05, 4.69) is 28.1 Å². The van der Waals surface area contributed by atoms with Gasteiger partial charge in [0, 0.05) is 12.2 Å². The van der Waals surface area contributed by atoms with Crippen LogP contribution in [0.15, 0.2) is 21.9 Å². The largest absolute Gasteiger partial charge is 0.285 e. The number of amidine groups is 1. The molecule has 0 fully saturated rings. The van der Waals surface area contributed by atoms with Crippen LogP contribution in [-0.2, 0) is 0 Å². The lowest BCUT2D eigenvalue weighted by atomic mass is 10.4. The predicted molar refractivity (Wildman–Crippen MR) is 47.5 cm³/mol. The Bertz CT molecular complexity index is 278. The first-order valence-electron chi connectivity index (χ1n) is 3.33. The first-order chi connectivity index (χ1) is 5.27. The van der Waals surface area contributed by atoms with E-state index in [-0.39, 0.29) is 0 Å². The molecule has 0 unspecified atom stereocenters. The van der Waals surface area contributed by atoms with E-state index in [1.165, 1.54) is 0 Å². The lowest BCUT2D eigenvalue weighted by Crippen LogP contribution is -2.36. The zero-order valence-electron chi connectivity index (χ0n) is 6.07. The van der Waals surface area contributed by atoms with Gasteiger partial charge in [-0.05, 0) is 13.0 Å². The minimum atomic E-state index is 0.674. The number of rotatable bonds is 0. The SMILES string of the molecule is CC1=CCN2C(S)=NNC2=N1. The average Bonchev–Trinajstić information content (AvgIpc) is 2.32. The predicted octanol–water partition coefficient (Wildman–Crippen LogP) is 0.366. The quantitative estimate of drug-likeness (QED) is 0.513. The van der Waals surface area contributed by atoms with Gasteiger partial charge in [0.05, 0.1) is 0 Å². The van der Waals surface area contributed by atoms with Crippen molar-refractivity contribution in [2.24, 2.45) is 10.1 Å². The molecule has 2 aliphatic heterocycles. The summed E-state index contributed by atoms with van der Waals surface area (Å²) in [6.07, 6.45) is 2.03. The molecule has 0 aromatic heterocycles. The second-order valence-corrected chi connectivity index (χ2v) is 2.82. The first kappa shape index (κ1) is 6.72. The second kappa shape index (κ2) is 2.27. The number of aliphatic imine (C=N–C) groups is 1. The average molecular weight is 168 g/mol. The van der Waals surface area contributed by atoms with Crippen LogP contribution in [0, 0.1) is 0 Å². The Morgan fingerprint density at radius 1 is 1.73 bits per heavy atom. The van der Waals surface area contributed by atoms with Crippen molar-refractivity contribution in [1.82, 2.24) is 10.3 Å². The molecule has 0 saturated carbocycles. The van der Waals surface area contributed by atoms with E-state index in [1.54, 1.807) is 0 Å². The van der Waals surface area contributed by atoms with E-state index in [1.807, 2.05) is 17.9 Å². The van der Waals surface area contributed by atoms with Crippen molar-refractivity contribution in [3.05, 3.63) is 11.8 Å². The third-order valence-electron chi connectivity index (χ3n) is 1.60. The third kappa shape index (κ3) is 1.01. The highest BCUT2D eigenvalue weighted by Gasteiger charge is 2.22. The third-order valence-corrected chi connectivity index (χ3v) is 1.95. The summed E-state index contributed by atoms with van der Waals surface area (Å²) in [5.74, 6) is 0.773. The van der Waals surface area contributed by atoms with Crippen molar-refractivity contribution in [1.29, 1.82) is 0 Å². The molecule has 2 heterocycles. The highest BCUT2D eigenvalue weighted by Crippen LogP contribution is 2.11. The van der Waals surface area contributed by atoms with Crippen LogP contribution in [0.3, 0.4) is 0 Å². The molecule has 0 aliphatic carbocycles. The van der Waals surface area contributed by atoms with Crippen LogP contribution in [0.2, 0.25) is 0 Å². The van der Waals surface area contributed by atoms with Gasteiger partial charge in [-0.1, -0.05) is 0 Å². The van der Waals surface area contributed by atoms with Gasteiger partial charge in [0.15, 0.2) is 5.17 Å². The van der Waals surface area contributed by atoms with Gasteiger partial charge in [0.1, 0.15) is 0 Å². The first-order valence-corrected chi connectivity index (χ1v) is 3.78. The summed E-state index contributed by atoms with van der Waals surface area (Å²) < 4.78 is 0. The van der Waals surface area contributed by atoms with Gasteiger partial charge in [0.2, 0.25) is 5.96 Å². The van der Waals surface area contributed by atoms with Crippen LogP contribution >= 0.6 is 12.6 Å². The Labute approximate surface area is 70.1 Å². The standard InChI is InChI=1S/C6H8N4S/c1-4-2-3-10-5(7-4)8-9-6(10)11/h2H,3H2,1H3,(H,7,8)(H,9,11). The summed E-state index contributed by atoms with van der Waals surface area (Å²) in [6.45, 7) is 2.77. The maximum absolute atomic E-state index is 4.22. The lowest BCUT2D eigenvalue weighted by molar-refractivity contribution is 0.676. The number of nitrogens with zero attached hydrogens (tertiary/aromatic N) is 3. The number of guanidine groups is 1. The number of nitrogens with one attached hydrogen (secondary N) is 1. The second-order valence-electron chi connectivity index (χ2n) is 2.42. The number of hydrogen-bond acceptors (Lipinski definition) is 4. The van der Waals surface area contributed by atoms with E-state index < -0.39 is 0 Å². The molecule has 0 saturated heterocycles. The molecule has 0 spiro atoms. The van der Waals surface area contributed by atoms with Crippen LogP contribution in [0.5, 0.6) is 0 Å². The van der Waals surface area contributed by atoms with Gasteiger partial charge in [-0.15, -0.1) is 17.7 Å². The van der Waals surface area contributed by atoms with Crippen molar-refractivity contribution >= 4 is 23.8 Å². The minimum Gasteiger partial charge on any atom is -0.285 e. The molecule has 0 aromatic rings. The van der Waals surface area contributed by atoms with Crippen LogP contribution < -0.4 is 5.43 Å². The van der Waals surface area contributed by atoms with E-state index >= 15 is 0 Å². The normalized spacial score (nSPS) is 21.6. The molecule has 58 valence electrons. The number of thiol groups is 1. The lowest BCUT2D eigenvalue weighted by Gasteiger charge is -2.18. The molecule has 2 rings (SSSR count). The molecule has 1 N–H and O–H groups in total. The molecular formula is C6H8N4S. The van der Waals surface area contributed by atoms with Crippen molar-refractivity contribution in [3.8, 4) is 0 Å². The summed E-state index contributed by atoms with van der Waals surface area (Å²) in [5, 5.41) is 4.58. The zero-order valence-corrected chi connectivity index (χ0v) is 6.97. The number of hydrogen-bond donors (Lipinski definition) is 2. The van der Waals surface area contributed by atoms with Crippen molar-refractivity contribution in [3.63, 3.8) is 0 Å². The van der Waals surface area contributed by atoms with E-state index in [0.717, 1.165) is 18.2 Å². The molecule has 0 amide bonds. The van der Waals surface area contributed by atoms with Crippen molar-refractivity contribution < 1.29 is 0 Å². The minimum absolute atomic E-state index is 0.674. The summed E-state index contributed by atoms with van der Waals surface area (Å²) in [6, 6.07) is 0. The Morgan fingerprint density at radius 3 is 3.36 bits per heavy atom. The van der Waals surface area contributed by atoms with Gasteiger partial charge in [-0.25, -0.2) is 10.4 Å². The molecule has 2 aliphatic rings. The van der Waals surface area contributed by atoms with Crippen LogP contribution in [-0.4, -0.2) is 22.6 Å². The summed E-state index contributed by atoms with van der Waals surface area (Å²) >= 11 is 4.15. The summed E-state index contributed by atoms with van der Waals surface area (Å²) in [4.78, 5) is 6.12. The molecule has 0 bridgehead atoms. The van der Waals surface area contributed by atoms with E-state index in [9.17, 15) is 0 Å². The monoisotopic (exact) mass is 168 g/mol. The Kier molecular flexibility index (Phi) is 1.38. The Hall–Kier alpha value is -0.970. The smallest absolute Gasteiger partial charge is 0.226 e. The van der Waals surface area contributed by atoms with Crippen LogP contribution in [0.4, 0.5) is 0 Å². The van der Waals surface area contributed by atoms with Gasteiger partial charge >= 0.3 is 0 Å². The topological polar surface area (TPSA) is 40.0 Å². The van der Waals surface area contributed by atoms with E-state index in [0.29, 0.717) is 5.17 Å². The maximum atomic E-state index is 4.22. The van der Waals surface area contributed by atoms with Crippen LogP contribution in [0.25, 0.3) is 0 Å². The summed E-state index contributed by atoms with van der Waals surface area (Å²) in [7, 11) is 0. The molecular weight excluding hydrogens is 160 g/mol. The fraction of sp³-hybridized carbons (Fsp3) is 0.333. The fourth-order valence-electron chi connectivity index (χ4n) is 1.00. The van der Waals surface area contributed by atoms with Gasteiger partial charge < -0.3 is 0 Å². The number of allylic oxidation sites excluding steroid dienone is 1. The maximum Gasteiger partial charge on any atom is 0.226 e. The van der Waals surface area contributed by atoms with Gasteiger partial charge in [-0.2, -0.15) is 0 Å². The van der Waals surface area contributed by atoms with Crippen molar-refractivity contribution in [2.75, 3.05) is 6.54 Å². The number of hydrazone groups is 1. The van der Waals surface area contributed by atoms with E-state index in [4.69, 9.17) is 0 Å². The van der Waals surface area contributed by atoms with Crippen molar-refractivity contribution in [2.45, 2.75) is 6.92 Å². The van der Waals surface area contributed by atoms with Gasteiger partial charge in [0.25, 0.3) is 0 Å². The number of fused-ring (bicyclic) bond motifs is 1. The molecule has 0 radical (unpaired) electrons. The fourth-order valence-corrected chi connectivity index (χ4v) is 1.23. The van der Waals surface area contributed by atoms with Gasteiger partial charge in [-0.3, -0.25) is 4.90 Å². The van der Waals surface area contributed by atoms with Crippen LogP contribution in [0.1, 0.15) is 6.92 Å². The Balaban J connectivity index is 2.29. The highest BCUT2D eigenvalue weighted by atomic mass is 32.1. The molecule has 0 aromatic carbocycles. The highest BCUT2D eigenvalue weighted by molar-refractivity contribution is 7.96. The summed E-state index contributed by atoms with van der Waals surface area (Å²) in [5.41, 5.74) is 3.80. The molecule has 0 atom stereocenters. The molecule has 5 heteroatoms.